The summed E-state index contributed by atoms with van der Waals surface area (Å²) in [6, 6.07) is 10.6. The van der Waals surface area contributed by atoms with E-state index in [4.69, 9.17) is 5.73 Å². The van der Waals surface area contributed by atoms with Crippen LogP contribution in [0.2, 0.25) is 0 Å². The number of thioether (sulfide) groups is 1. The predicted octanol–water partition coefficient (Wildman–Crippen LogP) is 3.54. The van der Waals surface area contributed by atoms with Crippen LogP contribution < -0.4 is 5.73 Å². The van der Waals surface area contributed by atoms with Crippen LogP contribution in [0.15, 0.2) is 35.2 Å². The number of nitrogens with two attached hydrogens (primary N) is 1. The Bertz CT molecular complexity index is 269. The molecule has 2 N–H and O–H groups in total. The van der Waals surface area contributed by atoms with Crippen LogP contribution in [0.4, 0.5) is 0 Å². The third kappa shape index (κ3) is 5.24. The Morgan fingerprint density at radius 2 is 1.87 bits per heavy atom. The monoisotopic (exact) mass is 223 g/mol. The van der Waals surface area contributed by atoms with Crippen molar-refractivity contribution in [2.75, 3.05) is 12.3 Å². The fraction of sp³-hybridized carbons (Fsp3) is 0.538. The van der Waals surface area contributed by atoms with Gasteiger partial charge in [0.2, 0.25) is 0 Å². The highest BCUT2D eigenvalue weighted by Crippen LogP contribution is 2.24. The topological polar surface area (TPSA) is 26.0 Å². The Balaban J connectivity index is 2.18. The van der Waals surface area contributed by atoms with Crippen molar-refractivity contribution < 1.29 is 0 Å². The number of rotatable bonds is 6. The minimum absolute atomic E-state index is 0.303. The Morgan fingerprint density at radius 1 is 1.20 bits per heavy atom. The molecule has 0 aliphatic carbocycles. The minimum Gasteiger partial charge on any atom is -0.330 e. The average Bonchev–Trinajstić information content (AvgIpc) is 2.26. The third-order valence-electron chi connectivity index (χ3n) is 2.56. The first-order valence-electron chi connectivity index (χ1n) is 5.52. The second-order valence-electron chi connectivity index (χ2n) is 4.63. The molecule has 0 unspecified atom stereocenters. The molecular weight excluding hydrogens is 202 g/mol. The highest BCUT2D eigenvalue weighted by Gasteiger charge is 2.14. The van der Waals surface area contributed by atoms with E-state index < -0.39 is 0 Å². The van der Waals surface area contributed by atoms with Gasteiger partial charge >= 0.3 is 0 Å². The molecule has 1 aromatic carbocycles. The Labute approximate surface area is 97.4 Å². The summed E-state index contributed by atoms with van der Waals surface area (Å²) in [7, 11) is 0. The van der Waals surface area contributed by atoms with Crippen molar-refractivity contribution in [2.45, 2.75) is 31.6 Å². The number of benzene rings is 1. The van der Waals surface area contributed by atoms with E-state index in [1.807, 2.05) is 11.8 Å². The molecule has 0 aliphatic heterocycles. The van der Waals surface area contributed by atoms with Gasteiger partial charge in [0.15, 0.2) is 0 Å². The fourth-order valence-corrected chi connectivity index (χ4v) is 2.23. The second-order valence-corrected chi connectivity index (χ2v) is 5.80. The van der Waals surface area contributed by atoms with E-state index >= 15 is 0 Å². The SMILES string of the molecule is CC(C)(CN)CCCSc1ccccc1. The molecule has 0 saturated carbocycles. The van der Waals surface area contributed by atoms with E-state index in [1.54, 1.807) is 0 Å². The van der Waals surface area contributed by atoms with Gasteiger partial charge in [-0.1, -0.05) is 32.0 Å². The zero-order chi connectivity index (χ0) is 11.1. The molecule has 0 radical (unpaired) electrons. The summed E-state index contributed by atoms with van der Waals surface area (Å²) in [6.45, 7) is 5.25. The predicted molar refractivity (Wildman–Crippen MR) is 69.2 cm³/mol. The van der Waals surface area contributed by atoms with E-state index in [0.717, 1.165) is 6.54 Å². The van der Waals surface area contributed by atoms with Crippen LogP contribution in [0.5, 0.6) is 0 Å². The summed E-state index contributed by atoms with van der Waals surface area (Å²) in [4.78, 5) is 1.36. The van der Waals surface area contributed by atoms with E-state index in [2.05, 4.69) is 44.2 Å². The molecule has 15 heavy (non-hydrogen) atoms. The molecule has 0 fully saturated rings. The molecule has 0 aromatic heterocycles. The van der Waals surface area contributed by atoms with Gasteiger partial charge in [-0.15, -0.1) is 11.8 Å². The molecule has 1 nitrogen and oxygen atoms in total. The largest absolute Gasteiger partial charge is 0.330 e. The molecule has 2 heteroatoms. The summed E-state index contributed by atoms with van der Waals surface area (Å²) < 4.78 is 0. The first kappa shape index (κ1) is 12.6. The maximum absolute atomic E-state index is 5.69. The minimum atomic E-state index is 0.303. The van der Waals surface area contributed by atoms with Gasteiger partial charge in [-0.25, -0.2) is 0 Å². The lowest BCUT2D eigenvalue weighted by molar-refractivity contribution is 0.345. The Kier molecular flexibility index (Phi) is 5.20. The zero-order valence-electron chi connectivity index (χ0n) is 9.70. The lowest BCUT2D eigenvalue weighted by atomic mass is 9.88. The maximum atomic E-state index is 5.69. The second kappa shape index (κ2) is 6.19. The quantitative estimate of drug-likeness (QED) is 0.589. The van der Waals surface area contributed by atoms with Gasteiger partial charge in [-0.3, -0.25) is 0 Å². The molecule has 0 heterocycles. The molecule has 0 bridgehead atoms. The van der Waals surface area contributed by atoms with Gasteiger partial charge in [0, 0.05) is 4.90 Å². The Hall–Kier alpha value is -0.470. The van der Waals surface area contributed by atoms with Crippen molar-refractivity contribution in [3.8, 4) is 0 Å². The van der Waals surface area contributed by atoms with Gasteiger partial charge in [-0.2, -0.15) is 0 Å². The average molecular weight is 223 g/mol. The van der Waals surface area contributed by atoms with Crippen LogP contribution >= 0.6 is 11.8 Å². The molecule has 0 atom stereocenters. The van der Waals surface area contributed by atoms with Crippen molar-refractivity contribution in [3.63, 3.8) is 0 Å². The molecular formula is C13H21NS. The standard InChI is InChI=1S/C13H21NS/c1-13(2,11-14)9-6-10-15-12-7-4-3-5-8-12/h3-5,7-8H,6,9-11,14H2,1-2H3. The number of hydrogen-bond donors (Lipinski definition) is 1. The van der Waals surface area contributed by atoms with Crippen molar-refractivity contribution in [3.05, 3.63) is 30.3 Å². The molecule has 84 valence electrons. The van der Waals surface area contributed by atoms with Crippen LogP contribution in [0.25, 0.3) is 0 Å². The smallest absolute Gasteiger partial charge is 0.00719 e. The molecule has 0 spiro atoms. The van der Waals surface area contributed by atoms with E-state index in [0.29, 0.717) is 5.41 Å². The van der Waals surface area contributed by atoms with Crippen LogP contribution in [0, 0.1) is 5.41 Å². The molecule has 1 rings (SSSR count). The summed E-state index contributed by atoms with van der Waals surface area (Å²) >= 11 is 1.93. The van der Waals surface area contributed by atoms with Gasteiger partial charge < -0.3 is 5.73 Å². The molecule has 1 aromatic rings. The van der Waals surface area contributed by atoms with Gasteiger partial charge in [0.05, 0.1) is 0 Å². The summed E-state index contributed by atoms with van der Waals surface area (Å²) in [5.41, 5.74) is 6.00. The number of hydrogen-bond acceptors (Lipinski definition) is 2. The zero-order valence-corrected chi connectivity index (χ0v) is 10.5. The van der Waals surface area contributed by atoms with Crippen LogP contribution in [-0.4, -0.2) is 12.3 Å². The molecule has 0 amide bonds. The summed E-state index contributed by atoms with van der Waals surface area (Å²) in [6.07, 6.45) is 2.45. The van der Waals surface area contributed by atoms with Crippen molar-refractivity contribution in [1.82, 2.24) is 0 Å². The van der Waals surface area contributed by atoms with Gasteiger partial charge in [0.25, 0.3) is 0 Å². The molecule has 0 aliphatic rings. The Morgan fingerprint density at radius 3 is 2.47 bits per heavy atom. The lowest BCUT2D eigenvalue weighted by Gasteiger charge is -2.21. The lowest BCUT2D eigenvalue weighted by Crippen LogP contribution is -2.23. The maximum Gasteiger partial charge on any atom is 0.00719 e. The first-order valence-corrected chi connectivity index (χ1v) is 6.50. The highest BCUT2D eigenvalue weighted by atomic mass is 32.2. The highest BCUT2D eigenvalue weighted by molar-refractivity contribution is 7.99. The van der Waals surface area contributed by atoms with Crippen molar-refractivity contribution in [2.24, 2.45) is 11.1 Å². The molecule has 0 saturated heterocycles. The van der Waals surface area contributed by atoms with Gasteiger partial charge in [-0.05, 0) is 42.7 Å². The van der Waals surface area contributed by atoms with Crippen molar-refractivity contribution in [1.29, 1.82) is 0 Å². The van der Waals surface area contributed by atoms with Crippen LogP contribution in [-0.2, 0) is 0 Å². The fourth-order valence-electron chi connectivity index (χ4n) is 1.36. The van der Waals surface area contributed by atoms with Crippen LogP contribution in [0.1, 0.15) is 26.7 Å². The van der Waals surface area contributed by atoms with E-state index in [9.17, 15) is 0 Å². The van der Waals surface area contributed by atoms with Gasteiger partial charge in [0.1, 0.15) is 0 Å². The third-order valence-corrected chi connectivity index (χ3v) is 3.66. The van der Waals surface area contributed by atoms with Crippen LogP contribution in [0.3, 0.4) is 0 Å². The summed E-state index contributed by atoms with van der Waals surface area (Å²) in [5, 5.41) is 0. The summed E-state index contributed by atoms with van der Waals surface area (Å²) in [5.74, 6) is 1.19. The first-order chi connectivity index (χ1) is 7.14. The van der Waals surface area contributed by atoms with Crippen molar-refractivity contribution >= 4 is 11.8 Å². The van der Waals surface area contributed by atoms with E-state index in [1.165, 1.54) is 23.5 Å². The van der Waals surface area contributed by atoms with E-state index in [-0.39, 0.29) is 0 Å². The normalized spacial score (nSPS) is 11.7.